The molecule has 0 aliphatic rings. The molecule has 0 bridgehead atoms. The largest absolute Gasteiger partial charge is 0.507 e. The molecule has 0 fully saturated rings. The second-order valence-corrected chi connectivity index (χ2v) is 12.6. The van der Waals surface area contributed by atoms with E-state index in [4.69, 9.17) is 5.11 Å². The molecule has 1 amide bonds. The molecular weight excluding hydrogens is 750 g/mol. The third-order valence-electron chi connectivity index (χ3n) is 7.59. The third-order valence-corrected chi connectivity index (χ3v) is 8.46. The van der Waals surface area contributed by atoms with Gasteiger partial charge in [-0.05, 0) is 109 Å². The molecule has 6 rings (SSSR count). The van der Waals surface area contributed by atoms with Crippen LogP contribution in [0.4, 0.5) is 34.1 Å². The van der Waals surface area contributed by atoms with Crippen LogP contribution in [-0.2, 0) is 10.1 Å². The van der Waals surface area contributed by atoms with Gasteiger partial charge in [-0.2, -0.15) is 23.8 Å². The number of carboxylic acids is 1. The van der Waals surface area contributed by atoms with E-state index >= 15 is 0 Å². The molecule has 0 aliphatic heterocycles. The molecule has 0 saturated carbocycles. The number of benzene rings is 6. The predicted octanol–water partition coefficient (Wildman–Crippen LogP) is 8.15. The Balaban J connectivity index is 0.00000336. The summed E-state index contributed by atoms with van der Waals surface area (Å²) in [6.07, 6.45) is 0. The van der Waals surface area contributed by atoms with Crippen LogP contribution in [0.1, 0.15) is 26.3 Å². The van der Waals surface area contributed by atoms with Gasteiger partial charge in [-0.25, -0.2) is 9.79 Å². The number of hydrogen-bond donors (Lipinski definition) is 6. The van der Waals surface area contributed by atoms with Crippen LogP contribution in [-0.4, -0.2) is 110 Å². The average Bonchev–Trinajstić information content (AvgIpc) is 3.14. The van der Waals surface area contributed by atoms with E-state index in [2.05, 4.69) is 30.8 Å². The maximum atomic E-state index is 12.6. The Bertz CT molecular complexity index is 2590. The number of anilines is 1. The van der Waals surface area contributed by atoms with Gasteiger partial charge >= 0.3 is 5.97 Å². The van der Waals surface area contributed by atoms with Crippen molar-refractivity contribution in [2.24, 2.45) is 25.4 Å². The maximum Gasteiger partial charge on any atom is 0.339 e. The fourth-order valence-electron chi connectivity index (χ4n) is 4.95. The number of carbonyl (C=O) groups is 2. The minimum atomic E-state index is -4.89. The topological polar surface area (TPSA) is 243 Å². The number of aromatic hydroxyl groups is 2. The van der Waals surface area contributed by atoms with Crippen molar-refractivity contribution in [2.75, 3.05) is 5.32 Å². The van der Waals surface area contributed by atoms with Crippen LogP contribution >= 0.6 is 0 Å². The van der Waals surface area contributed by atoms with Gasteiger partial charge in [0.05, 0.1) is 22.7 Å². The third kappa shape index (κ3) is 10.5. The van der Waals surface area contributed by atoms with E-state index in [1.807, 2.05) is 0 Å². The van der Waals surface area contributed by atoms with Crippen molar-refractivity contribution in [3.63, 3.8) is 0 Å². The number of nitrogens with zero attached hydrogens (tertiary/aromatic N) is 5. The number of fused-ring (bicyclic) bond motifs is 1. The Kier molecular flexibility index (Phi) is 14.2. The minimum absolute atomic E-state index is 0. The molecule has 6 aromatic carbocycles. The van der Waals surface area contributed by atoms with Gasteiger partial charge in [-0.15, -0.1) is 5.11 Å². The zero-order valence-electron chi connectivity index (χ0n) is 29.1. The second kappa shape index (κ2) is 18.4. The summed E-state index contributed by atoms with van der Waals surface area (Å²) < 4.78 is 34.6. The Labute approximate surface area is 357 Å². The smallest absolute Gasteiger partial charge is 0.339 e. The summed E-state index contributed by atoms with van der Waals surface area (Å²) in [7, 11) is -4.89. The number of azo groups is 2. The van der Waals surface area contributed by atoms with E-state index in [1.165, 1.54) is 60.7 Å². The van der Waals surface area contributed by atoms with Crippen LogP contribution in [0, 0.1) is 0 Å². The van der Waals surface area contributed by atoms with Gasteiger partial charge < -0.3 is 25.7 Å². The van der Waals surface area contributed by atoms with Crippen molar-refractivity contribution in [3.8, 4) is 11.5 Å². The van der Waals surface area contributed by atoms with E-state index in [1.54, 1.807) is 54.6 Å². The first kappa shape index (κ1) is 42.4. The van der Waals surface area contributed by atoms with E-state index in [0.29, 0.717) is 28.2 Å². The summed E-state index contributed by atoms with van der Waals surface area (Å²) in [6.45, 7) is 0. The van der Waals surface area contributed by atoms with Crippen molar-refractivity contribution in [1.29, 1.82) is 0 Å². The molecule has 18 heteroatoms. The van der Waals surface area contributed by atoms with Gasteiger partial charge in [0.1, 0.15) is 21.9 Å². The molecule has 6 N–H and O–H groups in total. The second-order valence-electron chi connectivity index (χ2n) is 11.2. The molecule has 0 heterocycles. The Morgan fingerprint density at radius 1 is 0.618 bits per heavy atom. The molecule has 0 unspecified atom stereocenters. The zero-order valence-corrected chi connectivity index (χ0v) is 33.9. The van der Waals surface area contributed by atoms with Crippen molar-refractivity contribution < 1.29 is 43.0 Å². The predicted molar refractivity (Wildman–Crippen MR) is 206 cm³/mol. The van der Waals surface area contributed by atoms with Crippen LogP contribution in [0.5, 0.6) is 11.5 Å². The number of nitrogens with one attached hydrogen (secondary N) is 1. The summed E-state index contributed by atoms with van der Waals surface area (Å²) in [5.74, 6) is -2.99. The number of aliphatic hydroxyl groups is 1. The molecule has 55 heavy (non-hydrogen) atoms. The summed E-state index contributed by atoms with van der Waals surface area (Å²) in [4.78, 5) is 27.3. The first-order chi connectivity index (χ1) is 25.4. The van der Waals surface area contributed by atoms with Gasteiger partial charge in [0.2, 0.25) is 5.90 Å². The van der Waals surface area contributed by atoms with Crippen LogP contribution < -0.4 is 5.32 Å². The minimum Gasteiger partial charge on any atom is -0.507 e. The number of hydrogen-bond acceptors (Lipinski definition) is 11. The zero-order chi connectivity index (χ0) is 37.7. The van der Waals surface area contributed by atoms with E-state index < -0.39 is 44.1 Å². The van der Waals surface area contributed by atoms with Crippen LogP contribution in [0.3, 0.4) is 0 Å². The van der Waals surface area contributed by atoms with Crippen molar-refractivity contribution >= 4 is 132 Å². The number of carboxylic acid groups (broad SMARTS) is 1. The van der Waals surface area contributed by atoms with Crippen molar-refractivity contribution in [1.82, 2.24) is 0 Å². The first-order valence-electron chi connectivity index (χ1n) is 15.4. The van der Waals surface area contributed by atoms with Gasteiger partial charge in [-0.1, -0.05) is 18.2 Å². The fraction of sp³-hybridized carbons (Fsp3) is 0. The monoisotopic (exact) mass is 776 g/mol. The number of aliphatic imine (C=N–C) groups is 1. The van der Waals surface area contributed by atoms with Crippen molar-refractivity contribution in [2.45, 2.75) is 4.90 Å². The summed E-state index contributed by atoms with van der Waals surface area (Å²) in [5.41, 5.74) is 1.42. The molecule has 2 radical (unpaired) electrons. The van der Waals surface area contributed by atoms with E-state index in [9.17, 15) is 37.9 Å². The summed E-state index contributed by atoms with van der Waals surface area (Å²) in [5, 5.41) is 59.4. The molecule has 15 nitrogen and oxygen atoms in total. The number of carbonyl (C=O) groups excluding carboxylic acids is 1. The summed E-state index contributed by atoms with van der Waals surface area (Å²) >= 11 is 0. The molecular formula is C37H26N6Na2O9S. The Hall–Kier alpha value is -5.30. The number of rotatable bonds is 10. The van der Waals surface area contributed by atoms with Crippen LogP contribution in [0.25, 0.3) is 10.8 Å². The number of aliphatic hydroxyl groups excluding tert-OH is 1. The SMILES string of the molecule is O=C(Nc1ccc2c(O)c(N=Nc3ccc(N=C(O)c4ccc(N=Nc5ccc(O)c(C(=O)O)c5)cc4)cc3)c(S(=O)(=O)O)cc2c1)c1ccccc1.[Na].[Na]. The molecule has 0 saturated heterocycles. The Morgan fingerprint density at radius 3 is 1.84 bits per heavy atom. The Morgan fingerprint density at radius 2 is 1.20 bits per heavy atom. The number of phenolic OH excluding ortho intramolecular Hbond substituents is 1. The van der Waals surface area contributed by atoms with Crippen LogP contribution in [0.15, 0.2) is 152 Å². The molecule has 0 spiro atoms. The quantitative estimate of drug-likeness (QED) is 0.0258. The summed E-state index contributed by atoms with van der Waals surface area (Å²) in [6, 6.07) is 29.9. The maximum absolute atomic E-state index is 12.6. The average molecular weight is 777 g/mol. The van der Waals surface area contributed by atoms with Gasteiger partial charge in [0, 0.05) is 81.3 Å². The molecule has 266 valence electrons. The standard InChI is InChI=1S/C37H26N6O9S.2Na/c44-31-17-15-28(20-30(31)37(48)49)42-40-25-8-6-22(7-9-25)36(47)38-24-10-12-26(13-11-24)41-43-33-32(53(50,51)52)19-23-18-27(14-16-29(23)34(33)45)39-35(46)21-4-2-1-3-5-21;;/h1-20,44-45H,(H,38,47)(H,39,46)(H,48,49)(H,50,51,52);;. The van der Waals surface area contributed by atoms with Crippen molar-refractivity contribution in [3.05, 3.63) is 138 Å². The first-order valence-corrected chi connectivity index (χ1v) is 16.8. The number of phenols is 2. The molecule has 6 aromatic rings. The van der Waals surface area contributed by atoms with Gasteiger partial charge in [0.25, 0.3) is 16.0 Å². The molecule has 0 aromatic heterocycles. The van der Waals surface area contributed by atoms with Crippen LogP contribution in [0.2, 0.25) is 0 Å². The normalized spacial score (nSPS) is 11.6. The molecule has 0 atom stereocenters. The number of aromatic carboxylic acids is 1. The van der Waals surface area contributed by atoms with E-state index in [0.717, 1.165) is 6.07 Å². The van der Waals surface area contributed by atoms with E-state index in [-0.39, 0.29) is 92.7 Å². The molecule has 0 aliphatic carbocycles. The van der Waals surface area contributed by atoms with Gasteiger partial charge in [-0.3, -0.25) is 9.35 Å². The fourth-order valence-corrected chi connectivity index (χ4v) is 5.61. The van der Waals surface area contributed by atoms with Gasteiger partial charge in [0.15, 0.2) is 5.75 Å². The number of amides is 1.